The van der Waals surface area contributed by atoms with Crippen LogP contribution >= 0.6 is 11.6 Å². The molecule has 0 saturated carbocycles. The highest BCUT2D eigenvalue weighted by Gasteiger charge is 2.16. The van der Waals surface area contributed by atoms with Crippen LogP contribution in [0.2, 0.25) is 0 Å². The Hall–Kier alpha value is -0.280. The molecule has 0 fully saturated rings. The molecule has 0 aliphatic carbocycles. The van der Waals surface area contributed by atoms with Crippen LogP contribution in [0.1, 0.15) is 20.8 Å². The molecule has 0 atom stereocenters. The summed E-state index contributed by atoms with van der Waals surface area (Å²) in [5.74, 6) is 0.446. The van der Waals surface area contributed by atoms with Crippen LogP contribution in [-0.2, 0) is 9.53 Å². The second-order valence-corrected chi connectivity index (χ2v) is 3.98. The van der Waals surface area contributed by atoms with Crippen molar-refractivity contribution in [3.8, 4) is 0 Å². The molecule has 1 N–H and O–H groups in total. The molecule has 0 rings (SSSR count). The minimum atomic E-state index is -0.0833. The number of alkyl halides is 1. The van der Waals surface area contributed by atoms with Crippen molar-refractivity contribution in [2.45, 2.75) is 20.8 Å². The van der Waals surface area contributed by atoms with E-state index in [0.717, 1.165) is 0 Å². The lowest BCUT2D eigenvalue weighted by atomic mass is 9.97. The molecule has 0 spiro atoms. The molecule has 0 aromatic carbocycles. The Morgan fingerprint density at radius 1 is 1.54 bits per heavy atom. The summed E-state index contributed by atoms with van der Waals surface area (Å²) in [5, 5.41) is 2.76. The fourth-order valence-corrected chi connectivity index (χ4v) is 0.725. The average molecular weight is 208 g/mol. The number of amides is 1. The number of hydrogen-bond donors (Lipinski definition) is 1. The van der Waals surface area contributed by atoms with Gasteiger partial charge in [-0.25, -0.2) is 0 Å². The summed E-state index contributed by atoms with van der Waals surface area (Å²) in [6, 6.07) is 0. The number of halogens is 1. The summed E-state index contributed by atoms with van der Waals surface area (Å²) in [6.07, 6.45) is 0. The minimum absolute atomic E-state index is 0.0522. The average Bonchev–Trinajstić information content (AvgIpc) is 2.11. The Bertz CT molecular complexity index is 160. The van der Waals surface area contributed by atoms with E-state index in [1.807, 2.05) is 20.8 Å². The van der Waals surface area contributed by atoms with Crippen LogP contribution in [0.3, 0.4) is 0 Å². The van der Waals surface area contributed by atoms with E-state index in [-0.39, 0.29) is 17.9 Å². The Kier molecular flexibility index (Phi) is 6.08. The molecule has 1 amide bonds. The van der Waals surface area contributed by atoms with E-state index < -0.39 is 0 Å². The summed E-state index contributed by atoms with van der Waals surface area (Å²) < 4.78 is 4.95. The lowest BCUT2D eigenvalue weighted by Gasteiger charge is -2.21. The highest BCUT2D eigenvalue weighted by atomic mass is 35.5. The predicted octanol–water partition coefficient (Wildman–Crippen LogP) is 1.40. The van der Waals surface area contributed by atoms with Crippen molar-refractivity contribution in [1.82, 2.24) is 5.32 Å². The van der Waals surface area contributed by atoms with Gasteiger partial charge in [0, 0.05) is 19.0 Å². The molecule has 0 aromatic heterocycles. The standard InChI is InChI=1S/C9H18ClNO2/c1-4-13-5-8(12)11-7-9(2,3)6-10/h4-7H2,1-3H3,(H,11,12). The summed E-state index contributed by atoms with van der Waals surface area (Å²) in [6.45, 7) is 7.14. The summed E-state index contributed by atoms with van der Waals surface area (Å²) in [4.78, 5) is 11.1. The van der Waals surface area contributed by atoms with Gasteiger partial charge in [0.15, 0.2) is 0 Å². The zero-order valence-electron chi connectivity index (χ0n) is 8.52. The molecule has 0 aliphatic heterocycles. The van der Waals surface area contributed by atoms with Crippen LogP contribution in [0.25, 0.3) is 0 Å². The van der Waals surface area contributed by atoms with Gasteiger partial charge >= 0.3 is 0 Å². The van der Waals surface area contributed by atoms with Crippen molar-refractivity contribution in [3.05, 3.63) is 0 Å². The zero-order valence-corrected chi connectivity index (χ0v) is 9.28. The Morgan fingerprint density at radius 2 is 2.15 bits per heavy atom. The third-order valence-corrected chi connectivity index (χ3v) is 2.29. The van der Waals surface area contributed by atoms with E-state index in [1.54, 1.807) is 0 Å². The van der Waals surface area contributed by atoms with Gasteiger partial charge in [-0.15, -0.1) is 11.6 Å². The summed E-state index contributed by atoms with van der Waals surface area (Å²) in [5.41, 5.74) is -0.0522. The van der Waals surface area contributed by atoms with Crippen molar-refractivity contribution >= 4 is 17.5 Å². The van der Waals surface area contributed by atoms with Gasteiger partial charge in [0.25, 0.3) is 0 Å². The van der Waals surface area contributed by atoms with Gasteiger partial charge in [-0.3, -0.25) is 4.79 Å². The molecule has 13 heavy (non-hydrogen) atoms. The predicted molar refractivity (Wildman–Crippen MR) is 54.0 cm³/mol. The molecule has 0 heterocycles. The van der Waals surface area contributed by atoms with Crippen LogP contribution in [0, 0.1) is 5.41 Å². The first-order valence-corrected chi connectivity index (χ1v) is 4.95. The molecular weight excluding hydrogens is 190 g/mol. The largest absolute Gasteiger partial charge is 0.372 e. The van der Waals surface area contributed by atoms with Gasteiger partial charge in [-0.05, 0) is 12.3 Å². The van der Waals surface area contributed by atoms with Gasteiger partial charge in [-0.2, -0.15) is 0 Å². The molecule has 0 saturated heterocycles. The maximum atomic E-state index is 11.1. The van der Waals surface area contributed by atoms with Crippen molar-refractivity contribution in [1.29, 1.82) is 0 Å². The maximum absolute atomic E-state index is 11.1. The SMILES string of the molecule is CCOCC(=O)NCC(C)(C)CCl. The third kappa shape index (κ3) is 6.84. The van der Waals surface area contributed by atoms with Crippen molar-refractivity contribution in [2.75, 3.05) is 25.6 Å². The van der Waals surface area contributed by atoms with Crippen molar-refractivity contribution in [3.63, 3.8) is 0 Å². The maximum Gasteiger partial charge on any atom is 0.246 e. The minimum Gasteiger partial charge on any atom is -0.372 e. The smallest absolute Gasteiger partial charge is 0.246 e. The normalized spacial score (nSPS) is 11.4. The summed E-state index contributed by atoms with van der Waals surface area (Å²) >= 11 is 5.70. The van der Waals surface area contributed by atoms with E-state index in [9.17, 15) is 4.79 Å². The van der Waals surface area contributed by atoms with Crippen LogP contribution in [0.15, 0.2) is 0 Å². The molecule has 0 aliphatic rings. The van der Waals surface area contributed by atoms with Gasteiger partial charge in [0.1, 0.15) is 6.61 Å². The second-order valence-electron chi connectivity index (χ2n) is 3.71. The monoisotopic (exact) mass is 207 g/mol. The molecule has 0 aromatic rings. The molecule has 78 valence electrons. The van der Waals surface area contributed by atoms with Crippen molar-refractivity contribution in [2.24, 2.45) is 5.41 Å². The molecule has 0 bridgehead atoms. The van der Waals surface area contributed by atoms with Crippen LogP contribution in [-0.4, -0.2) is 31.5 Å². The number of hydrogen-bond acceptors (Lipinski definition) is 2. The van der Waals surface area contributed by atoms with Gasteiger partial charge in [0.2, 0.25) is 5.91 Å². The van der Waals surface area contributed by atoms with E-state index in [0.29, 0.717) is 19.0 Å². The van der Waals surface area contributed by atoms with E-state index >= 15 is 0 Å². The first-order valence-electron chi connectivity index (χ1n) is 4.42. The summed E-state index contributed by atoms with van der Waals surface area (Å²) in [7, 11) is 0. The first kappa shape index (κ1) is 12.7. The number of carbonyl (C=O) groups excluding carboxylic acids is 1. The zero-order chi connectivity index (χ0) is 10.3. The lowest BCUT2D eigenvalue weighted by Crippen LogP contribution is -2.36. The highest BCUT2D eigenvalue weighted by molar-refractivity contribution is 6.18. The fraction of sp³-hybridized carbons (Fsp3) is 0.889. The third-order valence-electron chi connectivity index (χ3n) is 1.56. The molecule has 0 unspecified atom stereocenters. The van der Waals surface area contributed by atoms with Crippen LogP contribution in [0.4, 0.5) is 0 Å². The number of carbonyl (C=O) groups is 1. The van der Waals surface area contributed by atoms with Gasteiger partial charge in [-0.1, -0.05) is 13.8 Å². The molecule has 4 heteroatoms. The van der Waals surface area contributed by atoms with E-state index in [2.05, 4.69) is 5.32 Å². The van der Waals surface area contributed by atoms with E-state index in [4.69, 9.17) is 16.3 Å². The Balaban J connectivity index is 3.57. The van der Waals surface area contributed by atoms with Gasteiger partial charge < -0.3 is 10.1 Å². The van der Waals surface area contributed by atoms with Crippen LogP contribution in [0.5, 0.6) is 0 Å². The second kappa shape index (κ2) is 6.22. The van der Waals surface area contributed by atoms with E-state index in [1.165, 1.54) is 0 Å². The number of ether oxygens (including phenoxy) is 1. The Morgan fingerprint density at radius 3 is 2.62 bits per heavy atom. The molecule has 0 radical (unpaired) electrons. The first-order chi connectivity index (χ1) is 6.02. The highest BCUT2D eigenvalue weighted by Crippen LogP contribution is 2.14. The molecular formula is C9H18ClNO2. The van der Waals surface area contributed by atoms with Crippen LogP contribution < -0.4 is 5.32 Å². The number of rotatable bonds is 6. The lowest BCUT2D eigenvalue weighted by molar-refractivity contribution is -0.125. The van der Waals surface area contributed by atoms with Crippen molar-refractivity contribution < 1.29 is 9.53 Å². The Labute approximate surface area is 84.8 Å². The number of nitrogens with one attached hydrogen (secondary N) is 1. The topological polar surface area (TPSA) is 38.3 Å². The quantitative estimate of drug-likeness (QED) is 0.669. The fourth-order valence-electron chi connectivity index (χ4n) is 0.631. The van der Waals surface area contributed by atoms with Gasteiger partial charge in [0.05, 0.1) is 0 Å². The molecule has 3 nitrogen and oxygen atoms in total.